The molecule has 31 heavy (non-hydrogen) atoms. The number of carbonyl (C=O) groups is 1. The summed E-state index contributed by atoms with van der Waals surface area (Å²) in [7, 11) is 0. The van der Waals surface area contributed by atoms with Crippen LogP contribution in [-0.4, -0.2) is 12.5 Å². The largest absolute Gasteiger partial charge is 0.325 e. The van der Waals surface area contributed by atoms with E-state index in [2.05, 4.69) is 48.7 Å². The van der Waals surface area contributed by atoms with Crippen LogP contribution < -0.4 is 10.6 Å². The second-order valence-corrected chi connectivity index (χ2v) is 9.53. The van der Waals surface area contributed by atoms with E-state index in [4.69, 9.17) is 23.2 Å². The van der Waals surface area contributed by atoms with E-state index in [-0.39, 0.29) is 17.9 Å². The van der Waals surface area contributed by atoms with Crippen molar-refractivity contribution >= 4 is 34.8 Å². The third kappa shape index (κ3) is 3.18. The number of rotatable bonds is 2. The molecule has 158 valence electrons. The highest BCUT2D eigenvalue weighted by molar-refractivity contribution is 6.31. The fraction of sp³-hybridized carbons (Fsp3) is 0.269. The molecule has 2 aliphatic rings. The predicted octanol–water partition coefficient (Wildman–Crippen LogP) is 6.32. The molecule has 3 aromatic rings. The van der Waals surface area contributed by atoms with Crippen molar-refractivity contribution in [3.63, 3.8) is 0 Å². The first kappa shape index (κ1) is 20.6. The number of nitrogens with one attached hydrogen (secondary N) is 2. The first-order valence-corrected chi connectivity index (χ1v) is 11.3. The Bertz CT molecular complexity index is 1190. The highest BCUT2D eigenvalue weighted by Gasteiger charge is 2.59. The molecule has 5 heteroatoms. The fourth-order valence-electron chi connectivity index (χ4n) is 5.50. The molecule has 1 amide bonds. The maximum Gasteiger partial charge on any atom is 0.237 e. The number of fused-ring (bicyclic) bond motifs is 2. The third-order valence-corrected chi connectivity index (χ3v) is 7.30. The van der Waals surface area contributed by atoms with Gasteiger partial charge in [-0.25, -0.2) is 0 Å². The molecule has 3 atom stereocenters. The summed E-state index contributed by atoms with van der Waals surface area (Å²) in [4.78, 5) is 13.9. The maximum absolute atomic E-state index is 13.9. The molecule has 1 fully saturated rings. The van der Waals surface area contributed by atoms with Crippen molar-refractivity contribution in [3.8, 4) is 0 Å². The van der Waals surface area contributed by atoms with Crippen LogP contribution in [0.4, 0.5) is 5.69 Å². The molecular weight excluding hydrogens is 427 g/mol. The number of amides is 1. The van der Waals surface area contributed by atoms with E-state index in [1.165, 1.54) is 11.1 Å². The molecule has 1 saturated heterocycles. The summed E-state index contributed by atoms with van der Waals surface area (Å²) in [6.45, 7) is 5.02. The number of hydrogen-bond donors (Lipinski definition) is 2. The van der Waals surface area contributed by atoms with Gasteiger partial charge < -0.3 is 10.6 Å². The molecule has 3 nitrogen and oxygen atoms in total. The van der Waals surface area contributed by atoms with Crippen LogP contribution >= 0.6 is 23.2 Å². The van der Waals surface area contributed by atoms with Crippen molar-refractivity contribution in [3.05, 3.63) is 98.5 Å². The van der Waals surface area contributed by atoms with Gasteiger partial charge in [-0.2, -0.15) is 0 Å². The van der Waals surface area contributed by atoms with Gasteiger partial charge in [-0.3, -0.25) is 4.79 Å². The van der Waals surface area contributed by atoms with Crippen LogP contribution in [0.2, 0.25) is 10.0 Å². The van der Waals surface area contributed by atoms with Gasteiger partial charge in [-0.05, 0) is 73.3 Å². The lowest BCUT2D eigenvalue weighted by molar-refractivity contribution is -0.123. The minimum atomic E-state index is -0.804. The highest BCUT2D eigenvalue weighted by atomic mass is 35.5. The van der Waals surface area contributed by atoms with E-state index in [0.29, 0.717) is 10.0 Å². The molecule has 0 saturated carbocycles. The van der Waals surface area contributed by atoms with Gasteiger partial charge in [0.15, 0.2) is 0 Å². The molecule has 0 aromatic heterocycles. The first-order chi connectivity index (χ1) is 14.9. The summed E-state index contributed by atoms with van der Waals surface area (Å²) < 4.78 is 0. The van der Waals surface area contributed by atoms with E-state index in [1.54, 1.807) is 0 Å². The zero-order chi connectivity index (χ0) is 21.8. The van der Waals surface area contributed by atoms with Gasteiger partial charge in [-0.1, -0.05) is 65.2 Å². The molecule has 5 rings (SSSR count). The summed E-state index contributed by atoms with van der Waals surface area (Å²) in [6, 6.07) is 20.0. The Hall–Kier alpha value is -2.33. The van der Waals surface area contributed by atoms with Crippen LogP contribution in [0, 0.1) is 13.8 Å². The number of aryl methyl sites for hydroxylation is 2. The zero-order valence-electron chi connectivity index (χ0n) is 17.5. The molecule has 0 radical (unpaired) electrons. The number of halogens is 2. The number of anilines is 1. The fourth-order valence-corrected chi connectivity index (χ4v) is 5.87. The average Bonchev–Trinajstić information content (AvgIpc) is 3.01. The standard InChI is InChI=1S/C26H24Cl2N2O/c1-15-6-7-16(2)20(12-15)24-26(22-9-8-19(28)14-23(22)30-25(26)31)21(10-11-29-24)17-4-3-5-18(27)13-17/h3-9,12-14,21,24,29H,10-11H2,1-2H3,(H,30,31)/t21-,24+,26+/m0/s1. The SMILES string of the molecule is Cc1ccc(C)c([C@H]2NCC[C@@H](c3cccc(Cl)c3)[C@]23C(=O)Nc2cc(Cl)ccc23)c1. The lowest BCUT2D eigenvalue weighted by Crippen LogP contribution is -2.55. The van der Waals surface area contributed by atoms with Crippen molar-refractivity contribution in [1.29, 1.82) is 0 Å². The molecule has 0 aliphatic carbocycles. The number of piperidine rings is 1. The summed E-state index contributed by atoms with van der Waals surface area (Å²) in [5, 5.41) is 8.16. The van der Waals surface area contributed by atoms with Crippen LogP contribution in [0.3, 0.4) is 0 Å². The van der Waals surface area contributed by atoms with Gasteiger partial charge in [0.1, 0.15) is 5.41 Å². The minimum absolute atomic E-state index is 0.00727. The second kappa shape index (κ2) is 7.67. The van der Waals surface area contributed by atoms with E-state index in [0.717, 1.165) is 35.3 Å². The van der Waals surface area contributed by atoms with E-state index in [9.17, 15) is 4.79 Å². The van der Waals surface area contributed by atoms with Gasteiger partial charge in [0.25, 0.3) is 0 Å². The summed E-state index contributed by atoms with van der Waals surface area (Å²) in [6.07, 6.45) is 0.831. The Morgan fingerprint density at radius 2 is 1.77 bits per heavy atom. The third-order valence-electron chi connectivity index (χ3n) is 6.83. The molecule has 2 aliphatic heterocycles. The van der Waals surface area contributed by atoms with Crippen LogP contribution in [-0.2, 0) is 10.2 Å². The Morgan fingerprint density at radius 1 is 0.968 bits per heavy atom. The van der Waals surface area contributed by atoms with Crippen LogP contribution in [0.25, 0.3) is 0 Å². The average molecular weight is 451 g/mol. The van der Waals surface area contributed by atoms with Crippen molar-refractivity contribution < 1.29 is 4.79 Å². The van der Waals surface area contributed by atoms with Crippen molar-refractivity contribution in [2.24, 2.45) is 0 Å². The maximum atomic E-state index is 13.9. The topological polar surface area (TPSA) is 41.1 Å². The van der Waals surface area contributed by atoms with Gasteiger partial charge >= 0.3 is 0 Å². The predicted molar refractivity (Wildman–Crippen MR) is 127 cm³/mol. The smallest absolute Gasteiger partial charge is 0.237 e. The van der Waals surface area contributed by atoms with E-state index in [1.807, 2.05) is 36.4 Å². The number of hydrogen-bond acceptors (Lipinski definition) is 2. The normalized spacial score (nSPS) is 24.8. The number of benzene rings is 3. The zero-order valence-corrected chi connectivity index (χ0v) is 19.0. The van der Waals surface area contributed by atoms with Gasteiger partial charge in [0.05, 0.1) is 6.04 Å². The second-order valence-electron chi connectivity index (χ2n) is 8.66. The monoisotopic (exact) mass is 450 g/mol. The highest BCUT2D eigenvalue weighted by Crippen LogP contribution is 2.57. The van der Waals surface area contributed by atoms with Crippen molar-refractivity contribution in [1.82, 2.24) is 5.32 Å². The molecule has 1 spiro atoms. The summed E-state index contributed by atoms with van der Waals surface area (Å²) >= 11 is 12.7. The summed E-state index contributed by atoms with van der Waals surface area (Å²) in [5.74, 6) is -0.0207. The van der Waals surface area contributed by atoms with E-state index >= 15 is 0 Å². The van der Waals surface area contributed by atoms with Gasteiger partial charge in [0, 0.05) is 21.7 Å². The minimum Gasteiger partial charge on any atom is -0.325 e. The number of carbonyl (C=O) groups excluding carboxylic acids is 1. The molecule has 2 N–H and O–H groups in total. The molecular formula is C26H24Cl2N2O. The van der Waals surface area contributed by atoms with Crippen molar-refractivity contribution in [2.75, 3.05) is 11.9 Å². The van der Waals surface area contributed by atoms with Crippen LogP contribution in [0.15, 0.2) is 60.7 Å². The Morgan fingerprint density at radius 3 is 2.58 bits per heavy atom. The Kier molecular flexibility index (Phi) is 5.09. The molecule has 0 bridgehead atoms. The van der Waals surface area contributed by atoms with Gasteiger partial charge in [-0.15, -0.1) is 0 Å². The molecule has 3 aromatic carbocycles. The van der Waals surface area contributed by atoms with Crippen LogP contribution in [0.1, 0.15) is 46.2 Å². The molecule has 2 heterocycles. The Balaban J connectivity index is 1.80. The van der Waals surface area contributed by atoms with Gasteiger partial charge in [0.2, 0.25) is 5.91 Å². The van der Waals surface area contributed by atoms with E-state index < -0.39 is 5.41 Å². The van der Waals surface area contributed by atoms with Crippen molar-refractivity contribution in [2.45, 2.75) is 37.6 Å². The quantitative estimate of drug-likeness (QED) is 0.479. The molecule has 0 unspecified atom stereocenters. The summed E-state index contributed by atoms with van der Waals surface area (Å²) in [5.41, 5.74) is 5.57. The lowest BCUT2D eigenvalue weighted by atomic mass is 9.59. The van der Waals surface area contributed by atoms with Crippen LogP contribution in [0.5, 0.6) is 0 Å². The first-order valence-electron chi connectivity index (χ1n) is 10.6. The Labute approximate surface area is 192 Å². The lowest BCUT2D eigenvalue weighted by Gasteiger charge is -2.47.